The van der Waals surface area contributed by atoms with E-state index in [0.29, 0.717) is 24.4 Å². The minimum absolute atomic E-state index is 0.122. The minimum atomic E-state index is -0.430. The molecule has 0 radical (unpaired) electrons. The van der Waals surface area contributed by atoms with Crippen molar-refractivity contribution in [3.8, 4) is 0 Å². The number of carbonyl (C=O) groups is 2. The van der Waals surface area contributed by atoms with Crippen molar-refractivity contribution in [3.05, 3.63) is 58.0 Å². The van der Waals surface area contributed by atoms with E-state index in [1.54, 1.807) is 12.1 Å². The highest BCUT2D eigenvalue weighted by molar-refractivity contribution is 9.10. The van der Waals surface area contributed by atoms with Crippen molar-refractivity contribution >= 4 is 27.7 Å². The van der Waals surface area contributed by atoms with Crippen LogP contribution in [0.3, 0.4) is 0 Å². The first-order valence-electron chi connectivity index (χ1n) is 9.21. The van der Waals surface area contributed by atoms with Crippen molar-refractivity contribution in [1.82, 2.24) is 15.5 Å². The van der Waals surface area contributed by atoms with Gasteiger partial charge in [-0.2, -0.15) is 0 Å². The lowest BCUT2D eigenvalue weighted by Gasteiger charge is -2.31. The number of ether oxygens (including phenoxy) is 1. The Morgan fingerprint density at radius 1 is 1.14 bits per heavy atom. The van der Waals surface area contributed by atoms with Gasteiger partial charge in [-0.25, -0.2) is 0 Å². The summed E-state index contributed by atoms with van der Waals surface area (Å²) in [4.78, 5) is 26.8. The van der Waals surface area contributed by atoms with Crippen molar-refractivity contribution in [2.45, 2.75) is 13.0 Å². The lowest BCUT2D eigenvalue weighted by molar-refractivity contribution is -0.121. The van der Waals surface area contributed by atoms with Crippen LogP contribution in [0, 0.1) is 6.92 Å². The summed E-state index contributed by atoms with van der Waals surface area (Å²) >= 11 is 3.15. The third-order valence-corrected chi connectivity index (χ3v) is 4.99. The third-order valence-electron chi connectivity index (χ3n) is 4.57. The van der Waals surface area contributed by atoms with Gasteiger partial charge in [-0.15, -0.1) is 0 Å². The van der Waals surface area contributed by atoms with Crippen LogP contribution in [0.2, 0.25) is 0 Å². The van der Waals surface area contributed by atoms with E-state index in [0.717, 1.165) is 24.2 Å². The van der Waals surface area contributed by atoms with E-state index in [-0.39, 0.29) is 24.3 Å². The SMILES string of the molecule is Cc1ccc([C@H](CN2CCOCC2)NC(=O)CNC(=O)c2ccc(Br)o2)cc1. The van der Waals surface area contributed by atoms with Gasteiger partial charge in [-0.3, -0.25) is 14.5 Å². The fourth-order valence-corrected chi connectivity index (χ4v) is 3.31. The third kappa shape index (κ3) is 5.92. The van der Waals surface area contributed by atoms with Crippen molar-refractivity contribution in [3.63, 3.8) is 0 Å². The Kier molecular flexibility index (Phi) is 7.24. The van der Waals surface area contributed by atoms with Gasteiger partial charge < -0.3 is 19.8 Å². The fraction of sp³-hybridized carbons (Fsp3) is 0.400. The predicted octanol–water partition coefficient (Wildman–Crippen LogP) is 2.27. The number of furan rings is 1. The summed E-state index contributed by atoms with van der Waals surface area (Å²) < 4.78 is 11.1. The number of carbonyl (C=O) groups excluding carboxylic acids is 2. The molecular formula is C20H24BrN3O4. The molecule has 0 saturated carbocycles. The summed E-state index contributed by atoms with van der Waals surface area (Å²) in [6, 6.07) is 11.1. The maximum absolute atomic E-state index is 12.5. The first kappa shape index (κ1) is 20.6. The van der Waals surface area contributed by atoms with Crippen LogP contribution in [0.1, 0.15) is 27.7 Å². The van der Waals surface area contributed by atoms with E-state index in [9.17, 15) is 9.59 Å². The Morgan fingerprint density at radius 2 is 1.86 bits per heavy atom. The summed E-state index contributed by atoms with van der Waals surface area (Å²) in [5, 5.41) is 5.62. The van der Waals surface area contributed by atoms with Crippen molar-refractivity contribution in [1.29, 1.82) is 0 Å². The summed E-state index contributed by atoms with van der Waals surface area (Å²) in [7, 11) is 0. The molecule has 8 heteroatoms. The molecule has 1 saturated heterocycles. The number of hydrogen-bond acceptors (Lipinski definition) is 5. The second-order valence-electron chi connectivity index (χ2n) is 6.73. The van der Waals surface area contributed by atoms with Gasteiger partial charge in [-0.1, -0.05) is 29.8 Å². The van der Waals surface area contributed by atoms with E-state index < -0.39 is 5.91 Å². The number of nitrogens with one attached hydrogen (secondary N) is 2. The van der Waals surface area contributed by atoms with E-state index in [1.165, 1.54) is 0 Å². The highest BCUT2D eigenvalue weighted by atomic mass is 79.9. The molecule has 2 amide bonds. The summed E-state index contributed by atoms with van der Waals surface area (Å²) in [6.07, 6.45) is 0. The smallest absolute Gasteiger partial charge is 0.287 e. The summed E-state index contributed by atoms with van der Waals surface area (Å²) in [5.74, 6) is -0.526. The second kappa shape index (κ2) is 9.86. The fourth-order valence-electron chi connectivity index (χ4n) is 3.00. The lowest BCUT2D eigenvalue weighted by atomic mass is 10.0. The highest BCUT2D eigenvalue weighted by Gasteiger charge is 2.21. The molecule has 0 aliphatic carbocycles. The van der Waals surface area contributed by atoms with Gasteiger partial charge in [0.2, 0.25) is 5.91 Å². The van der Waals surface area contributed by atoms with Crippen LogP contribution in [0.5, 0.6) is 0 Å². The molecule has 1 aromatic carbocycles. The number of hydrogen-bond donors (Lipinski definition) is 2. The van der Waals surface area contributed by atoms with Crippen molar-refractivity contribution in [2.24, 2.45) is 0 Å². The maximum atomic E-state index is 12.5. The van der Waals surface area contributed by atoms with Crippen LogP contribution >= 0.6 is 15.9 Å². The van der Waals surface area contributed by atoms with Crippen LogP contribution in [-0.2, 0) is 9.53 Å². The quantitative estimate of drug-likeness (QED) is 0.677. The van der Waals surface area contributed by atoms with Gasteiger partial charge in [0, 0.05) is 19.6 Å². The van der Waals surface area contributed by atoms with E-state index in [1.807, 2.05) is 31.2 Å². The number of nitrogens with zero attached hydrogens (tertiary/aromatic N) is 1. The van der Waals surface area contributed by atoms with Crippen molar-refractivity contribution < 1.29 is 18.7 Å². The standard InChI is InChI=1S/C20H24BrN3O4/c1-14-2-4-15(5-3-14)16(13-24-8-10-27-11-9-24)23-19(25)12-22-20(26)17-6-7-18(21)28-17/h2-7,16H,8-13H2,1H3,(H,22,26)(H,23,25)/t16-/m0/s1. The largest absolute Gasteiger partial charge is 0.444 e. The van der Waals surface area contributed by atoms with Crippen LogP contribution in [-0.4, -0.2) is 56.1 Å². The molecule has 0 bridgehead atoms. The van der Waals surface area contributed by atoms with Gasteiger partial charge in [0.05, 0.1) is 25.8 Å². The van der Waals surface area contributed by atoms with Gasteiger partial charge in [0.25, 0.3) is 5.91 Å². The number of aryl methyl sites for hydroxylation is 1. The number of morpholine rings is 1. The Hall–Kier alpha value is -2.16. The Labute approximate surface area is 172 Å². The summed E-state index contributed by atoms with van der Waals surface area (Å²) in [5.41, 5.74) is 2.20. The average molecular weight is 450 g/mol. The molecule has 1 aliphatic rings. The molecule has 28 heavy (non-hydrogen) atoms. The van der Waals surface area contributed by atoms with Crippen LogP contribution < -0.4 is 10.6 Å². The molecule has 150 valence electrons. The molecule has 7 nitrogen and oxygen atoms in total. The van der Waals surface area contributed by atoms with Crippen molar-refractivity contribution in [2.75, 3.05) is 39.4 Å². The first-order chi connectivity index (χ1) is 13.5. The molecule has 3 rings (SSSR count). The predicted molar refractivity (Wildman–Crippen MR) is 108 cm³/mol. The molecule has 1 aliphatic heterocycles. The number of benzene rings is 1. The zero-order valence-corrected chi connectivity index (χ0v) is 17.3. The van der Waals surface area contributed by atoms with Gasteiger partial charge in [-0.05, 0) is 40.5 Å². The second-order valence-corrected chi connectivity index (χ2v) is 7.51. The molecule has 1 fully saturated rings. The summed E-state index contributed by atoms with van der Waals surface area (Å²) in [6.45, 7) is 5.67. The Morgan fingerprint density at radius 3 is 2.50 bits per heavy atom. The highest BCUT2D eigenvalue weighted by Crippen LogP contribution is 2.17. The molecule has 2 N–H and O–H groups in total. The zero-order chi connectivity index (χ0) is 19.9. The Balaban J connectivity index is 1.59. The normalized spacial score (nSPS) is 15.8. The Bertz CT molecular complexity index is 800. The van der Waals surface area contributed by atoms with Crippen LogP contribution in [0.25, 0.3) is 0 Å². The number of amides is 2. The van der Waals surface area contributed by atoms with E-state index >= 15 is 0 Å². The van der Waals surface area contributed by atoms with Gasteiger partial charge in [0.1, 0.15) is 0 Å². The molecule has 0 unspecified atom stereocenters. The average Bonchev–Trinajstić information content (AvgIpc) is 3.13. The van der Waals surface area contributed by atoms with Crippen LogP contribution in [0.15, 0.2) is 45.5 Å². The lowest BCUT2D eigenvalue weighted by Crippen LogP contribution is -2.45. The molecular weight excluding hydrogens is 426 g/mol. The minimum Gasteiger partial charge on any atom is -0.444 e. The topological polar surface area (TPSA) is 83.8 Å². The first-order valence-corrected chi connectivity index (χ1v) is 10.00. The van der Waals surface area contributed by atoms with Crippen LogP contribution in [0.4, 0.5) is 0 Å². The monoisotopic (exact) mass is 449 g/mol. The number of rotatable bonds is 7. The maximum Gasteiger partial charge on any atom is 0.287 e. The van der Waals surface area contributed by atoms with Gasteiger partial charge in [0.15, 0.2) is 10.4 Å². The molecule has 2 heterocycles. The molecule has 2 aromatic rings. The molecule has 1 aromatic heterocycles. The zero-order valence-electron chi connectivity index (χ0n) is 15.7. The van der Waals surface area contributed by atoms with Gasteiger partial charge >= 0.3 is 0 Å². The van der Waals surface area contributed by atoms with E-state index in [2.05, 4.69) is 31.5 Å². The molecule has 1 atom stereocenters. The molecule has 0 spiro atoms. The number of halogens is 1. The van der Waals surface area contributed by atoms with E-state index in [4.69, 9.17) is 9.15 Å².